The van der Waals surface area contributed by atoms with E-state index in [0.29, 0.717) is 34.3 Å². The Morgan fingerprint density at radius 3 is 2.58 bits per heavy atom. The van der Waals surface area contributed by atoms with Crippen molar-refractivity contribution in [2.24, 2.45) is 5.10 Å². The number of amides is 1. The summed E-state index contributed by atoms with van der Waals surface area (Å²) in [4.78, 5) is 12.3. The fourth-order valence-corrected chi connectivity index (χ4v) is 3.13. The van der Waals surface area contributed by atoms with E-state index in [1.54, 1.807) is 36.4 Å². The van der Waals surface area contributed by atoms with Crippen LogP contribution in [-0.4, -0.2) is 18.7 Å². The molecule has 0 saturated heterocycles. The van der Waals surface area contributed by atoms with E-state index in [4.69, 9.17) is 21.1 Å². The molecule has 31 heavy (non-hydrogen) atoms. The molecule has 0 saturated carbocycles. The van der Waals surface area contributed by atoms with Crippen molar-refractivity contribution >= 4 is 23.7 Å². The molecule has 5 nitrogen and oxygen atoms in total. The van der Waals surface area contributed by atoms with Crippen LogP contribution in [0, 0.1) is 12.7 Å². The Balaban J connectivity index is 1.73. The van der Waals surface area contributed by atoms with Gasteiger partial charge in [-0.05, 0) is 60.9 Å². The van der Waals surface area contributed by atoms with Gasteiger partial charge in [0.25, 0.3) is 5.91 Å². The van der Waals surface area contributed by atoms with Crippen molar-refractivity contribution in [3.05, 3.63) is 93.8 Å². The number of hydrogen-bond donors (Lipinski definition) is 1. The number of carbonyl (C=O) groups excluding carboxylic acids is 1. The third kappa shape index (κ3) is 6.06. The third-order valence-corrected chi connectivity index (χ3v) is 4.68. The molecule has 0 fully saturated rings. The largest absolute Gasteiger partial charge is 0.490 e. The van der Waals surface area contributed by atoms with Gasteiger partial charge in [0.1, 0.15) is 12.4 Å². The molecule has 0 aliphatic carbocycles. The van der Waals surface area contributed by atoms with Gasteiger partial charge < -0.3 is 9.47 Å². The SMILES string of the molecule is CCOc1cc(/C=N\NC(=O)c2ccccc2C)cc(Cl)c1OCc1ccc(F)cc1. The molecule has 3 aromatic rings. The first-order chi connectivity index (χ1) is 15.0. The monoisotopic (exact) mass is 440 g/mol. The molecule has 0 bridgehead atoms. The lowest BCUT2D eigenvalue weighted by Gasteiger charge is -2.14. The van der Waals surface area contributed by atoms with Crippen molar-refractivity contribution in [2.45, 2.75) is 20.5 Å². The van der Waals surface area contributed by atoms with Gasteiger partial charge in [-0.1, -0.05) is 41.9 Å². The van der Waals surface area contributed by atoms with E-state index in [1.807, 2.05) is 26.0 Å². The van der Waals surface area contributed by atoms with E-state index in [2.05, 4.69) is 10.5 Å². The summed E-state index contributed by atoms with van der Waals surface area (Å²) < 4.78 is 24.6. The maximum Gasteiger partial charge on any atom is 0.271 e. The van der Waals surface area contributed by atoms with Crippen LogP contribution in [0.4, 0.5) is 4.39 Å². The Morgan fingerprint density at radius 2 is 1.87 bits per heavy atom. The highest BCUT2D eigenvalue weighted by Crippen LogP contribution is 2.37. The van der Waals surface area contributed by atoms with Crippen molar-refractivity contribution in [2.75, 3.05) is 6.61 Å². The van der Waals surface area contributed by atoms with Crippen LogP contribution in [0.1, 0.15) is 34.0 Å². The highest BCUT2D eigenvalue weighted by atomic mass is 35.5. The first-order valence-corrected chi connectivity index (χ1v) is 10.1. The van der Waals surface area contributed by atoms with Gasteiger partial charge in [-0.2, -0.15) is 5.10 Å². The van der Waals surface area contributed by atoms with E-state index in [0.717, 1.165) is 11.1 Å². The lowest BCUT2D eigenvalue weighted by molar-refractivity contribution is 0.0954. The molecule has 160 valence electrons. The Kier molecular flexibility index (Phi) is 7.62. The van der Waals surface area contributed by atoms with Crippen LogP contribution in [0.5, 0.6) is 11.5 Å². The molecule has 0 atom stereocenters. The fraction of sp³-hybridized carbons (Fsp3) is 0.167. The third-order valence-electron chi connectivity index (χ3n) is 4.40. The summed E-state index contributed by atoms with van der Waals surface area (Å²) in [7, 11) is 0. The van der Waals surface area contributed by atoms with E-state index in [1.165, 1.54) is 18.3 Å². The van der Waals surface area contributed by atoms with Crippen molar-refractivity contribution < 1.29 is 18.7 Å². The predicted octanol–water partition coefficient (Wildman–Crippen LogP) is 5.53. The van der Waals surface area contributed by atoms with Crippen molar-refractivity contribution in [1.82, 2.24) is 5.43 Å². The average molecular weight is 441 g/mol. The van der Waals surface area contributed by atoms with Crippen molar-refractivity contribution in [3.8, 4) is 11.5 Å². The number of aryl methyl sites for hydroxylation is 1. The standard InChI is InChI=1S/C24H22ClFN2O3/c1-3-30-22-13-18(14-27-28-24(29)20-7-5-4-6-16(20)2)12-21(25)23(22)31-15-17-8-10-19(26)11-9-17/h4-14H,3,15H2,1-2H3,(H,28,29)/b27-14-. The molecule has 0 unspecified atom stereocenters. The second-order valence-electron chi connectivity index (χ2n) is 6.69. The van der Waals surface area contributed by atoms with E-state index in [9.17, 15) is 9.18 Å². The van der Waals surface area contributed by atoms with Gasteiger partial charge in [-0.3, -0.25) is 4.79 Å². The Bertz CT molecular complexity index is 1080. The number of nitrogens with zero attached hydrogens (tertiary/aromatic N) is 1. The minimum atomic E-state index is -0.310. The molecule has 0 aromatic heterocycles. The Labute approximate surface area is 185 Å². The van der Waals surface area contributed by atoms with E-state index >= 15 is 0 Å². The summed E-state index contributed by atoms with van der Waals surface area (Å²) in [5, 5.41) is 4.35. The molecule has 0 aliphatic heterocycles. The number of nitrogens with one attached hydrogen (secondary N) is 1. The van der Waals surface area contributed by atoms with Crippen LogP contribution in [0.15, 0.2) is 65.8 Å². The van der Waals surface area contributed by atoms with E-state index in [-0.39, 0.29) is 18.3 Å². The summed E-state index contributed by atoms with van der Waals surface area (Å²) in [5.74, 6) is 0.220. The number of ether oxygens (including phenoxy) is 2. The fourth-order valence-electron chi connectivity index (χ4n) is 2.85. The molecule has 3 rings (SSSR count). The molecule has 0 spiro atoms. The quantitative estimate of drug-likeness (QED) is 0.370. The highest BCUT2D eigenvalue weighted by Gasteiger charge is 2.13. The smallest absolute Gasteiger partial charge is 0.271 e. The van der Waals surface area contributed by atoms with Gasteiger partial charge >= 0.3 is 0 Å². The summed E-state index contributed by atoms with van der Waals surface area (Å²) in [6, 6.07) is 16.7. The summed E-state index contributed by atoms with van der Waals surface area (Å²) in [6.07, 6.45) is 1.48. The van der Waals surface area contributed by atoms with Gasteiger partial charge in [-0.25, -0.2) is 9.82 Å². The average Bonchev–Trinajstić information content (AvgIpc) is 2.75. The maximum absolute atomic E-state index is 13.1. The number of benzene rings is 3. The number of carbonyl (C=O) groups is 1. The molecule has 1 amide bonds. The van der Waals surface area contributed by atoms with Crippen LogP contribution in [0.2, 0.25) is 5.02 Å². The number of hydrogen-bond acceptors (Lipinski definition) is 4. The lowest BCUT2D eigenvalue weighted by atomic mass is 10.1. The van der Waals surface area contributed by atoms with Crippen LogP contribution < -0.4 is 14.9 Å². The topological polar surface area (TPSA) is 59.9 Å². The van der Waals surface area contributed by atoms with Crippen molar-refractivity contribution in [1.29, 1.82) is 0 Å². The Hall–Kier alpha value is -3.38. The zero-order valence-electron chi connectivity index (χ0n) is 17.2. The molecule has 0 aliphatic rings. The van der Waals surface area contributed by atoms with Crippen LogP contribution in [-0.2, 0) is 6.61 Å². The van der Waals surface area contributed by atoms with E-state index < -0.39 is 0 Å². The Morgan fingerprint density at radius 1 is 1.13 bits per heavy atom. The number of rotatable bonds is 8. The van der Waals surface area contributed by atoms with Gasteiger partial charge in [-0.15, -0.1) is 0 Å². The molecule has 7 heteroatoms. The first-order valence-electron chi connectivity index (χ1n) is 9.70. The minimum absolute atomic E-state index is 0.208. The predicted molar refractivity (Wildman–Crippen MR) is 120 cm³/mol. The van der Waals surface area contributed by atoms with Gasteiger partial charge in [0.2, 0.25) is 0 Å². The van der Waals surface area contributed by atoms with Gasteiger partial charge in [0.15, 0.2) is 11.5 Å². The molecule has 0 radical (unpaired) electrons. The summed E-state index contributed by atoms with van der Waals surface area (Å²) in [5.41, 5.74) is 5.35. The maximum atomic E-state index is 13.1. The van der Waals surface area contributed by atoms with Gasteiger partial charge in [0.05, 0.1) is 17.8 Å². The number of hydrazone groups is 1. The van der Waals surface area contributed by atoms with Crippen LogP contribution >= 0.6 is 11.6 Å². The summed E-state index contributed by atoms with van der Waals surface area (Å²) >= 11 is 6.41. The minimum Gasteiger partial charge on any atom is -0.490 e. The van der Waals surface area contributed by atoms with Crippen LogP contribution in [0.3, 0.4) is 0 Å². The normalized spacial score (nSPS) is 10.8. The zero-order valence-corrected chi connectivity index (χ0v) is 17.9. The molecular weight excluding hydrogens is 419 g/mol. The van der Waals surface area contributed by atoms with Crippen LogP contribution in [0.25, 0.3) is 0 Å². The molecule has 0 heterocycles. The molecule has 3 aromatic carbocycles. The lowest BCUT2D eigenvalue weighted by Crippen LogP contribution is -2.18. The second kappa shape index (κ2) is 10.6. The molecular formula is C24H22ClFN2O3. The number of halogens is 2. The van der Waals surface area contributed by atoms with Gasteiger partial charge in [0, 0.05) is 5.56 Å². The van der Waals surface area contributed by atoms with Crippen molar-refractivity contribution in [3.63, 3.8) is 0 Å². The summed E-state index contributed by atoms with van der Waals surface area (Å²) in [6.45, 7) is 4.33. The second-order valence-corrected chi connectivity index (χ2v) is 7.10. The first kappa shape index (κ1) is 22.3. The zero-order chi connectivity index (χ0) is 22.2. The molecule has 1 N–H and O–H groups in total. The highest BCUT2D eigenvalue weighted by molar-refractivity contribution is 6.32.